The highest BCUT2D eigenvalue weighted by molar-refractivity contribution is 7.99. The van der Waals surface area contributed by atoms with E-state index in [9.17, 15) is 0 Å². The van der Waals surface area contributed by atoms with Crippen molar-refractivity contribution in [1.82, 2.24) is 9.97 Å². The molecule has 0 bridgehead atoms. The summed E-state index contributed by atoms with van der Waals surface area (Å²) < 4.78 is 0. The number of hydrogen-bond acceptors (Lipinski definition) is 5. The number of aromatic nitrogens is 2. The van der Waals surface area contributed by atoms with Crippen LogP contribution < -0.4 is 10.2 Å². The molecule has 2 heterocycles. The lowest BCUT2D eigenvalue weighted by molar-refractivity contribution is 0.833. The van der Waals surface area contributed by atoms with Gasteiger partial charge in [0.15, 0.2) is 0 Å². The Morgan fingerprint density at radius 3 is 3.00 bits per heavy atom. The Morgan fingerprint density at radius 2 is 2.25 bits per heavy atom. The van der Waals surface area contributed by atoms with E-state index in [1.54, 1.807) is 0 Å². The van der Waals surface area contributed by atoms with Gasteiger partial charge in [0.1, 0.15) is 5.82 Å². The quantitative estimate of drug-likeness (QED) is 0.867. The molecule has 0 spiro atoms. The van der Waals surface area contributed by atoms with E-state index in [2.05, 4.69) is 27.1 Å². The normalized spacial score (nSPS) is 16.2. The summed E-state index contributed by atoms with van der Waals surface area (Å²) in [6, 6.07) is 1.99. The van der Waals surface area contributed by atoms with Crippen LogP contribution in [-0.2, 0) is 0 Å². The summed E-state index contributed by atoms with van der Waals surface area (Å²) in [7, 11) is 0. The summed E-state index contributed by atoms with van der Waals surface area (Å²) in [5.41, 5.74) is 0. The number of hydrogen-bond donors (Lipinski definition) is 1. The smallest absolute Gasteiger partial charge is 0.224 e. The van der Waals surface area contributed by atoms with E-state index in [-0.39, 0.29) is 0 Å². The second-order valence-corrected chi connectivity index (χ2v) is 4.99. The number of nitrogens with one attached hydrogen (secondary N) is 1. The van der Waals surface area contributed by atoms with Crippen LogP contribution in [0.1, 0.15) is 13.3 Å². The molecule has 1 N–H and O–H groups in total. The molecule has 0 saturated carbocycles. The predicted molar refractivity (Wildman–Crippen MR) is 70.4 cm³/mol. The van der Waals surface area contributed by atoms with Crippen molar-refractivity contribution < 1.29 is 0 Å². The van der Waals surface area contributed by atoms with Crippen LogP contribution in [0.3, 0.4) is 0 Å². The molecule has 1 aliphatic heterocycles. The zero-order valence-corrected chi connectivity index (χ0v) is 10.5. The molecule has 1 aliphatic rings. The second-order valence-electron chi connectivity index (χ2n) is 3.76. The highest BCUT2D eigenvalue weighted by Gasteiger charge is 2.12. The third kappa shape index (κ3) is 3.01. The maximum absolute atomic E-state index is 4.53. The minimum atomic E-state index is 0.748. The highest BCUT2D eigenvalue weighted by Crippen LogP contribution is 2.17. The van der Waals surface area contributed by atoms with Crippen molar-refractivity contribution in [2.45, 2.75) is 13.3 Å². The van der Waals surface area contributed by atoms with Gasteiger partial charge >= 0.3 is 0 Å². The molecule has 0 radical (unpaired) electrons. The minimum Gasteiger partial charge on any atom is -0.355 e. The van der Waals surface area contributed by atoms with E-state index in [0.717, 1.165) is 37.8 Å². The summed E-state index contributed by atoms with van der Waals surface area (Å²) in [5, 5.41) is 3.22. The average Bonchev–Trinajstić information content (AvgIpc) is 2.38. The summed E-state index contributed by atoms with van der Waals surface area (Å²) in [6.45, 7) is 5.25. The zero-order chi connectivity index (χ0) is 11.2. The molecule has 2 rings (SSSR count). The van der Waals surface area contributed by atoms with Gasteiger partial charge in [0, 0.05) is 37.3 Å². The minimum absolute atomic E-state index is 0.748. The monoisotopic (exact) mass is 238 g/mol. The number of thioether (sulfide) groups is 1. The first-order valence-electron chi connectivity index (χ1n) is 5.80. The van der Waals surface area contributed by atoms with E-state index in [0.29, 0.717) is 0 Å². The Labute approximate surface area is 101 Å². The van der Waals surface area contributed by atoms with Crippen LogP contribution in [0.25, 0.3) is 0 Å². The lowest BCUT2D eigenvalue weighted by atomic mass is 10.4. The van der Waals surface area contributed by atoms with Gasteiger partial charge in [0.2, 0.25) is 5.95 Å². The van der Waals surface area contributed by atoms with Crippen LogP contribution >= 0.6 is 11.8 Å². The maximum atomic E-state index is 4.53. The third-order valence-electron chi connectivity index (χ3n) is 2.51. The van der Waals surface area contributed by atoms with Gasteiger partial charge in [-0.15, -0.1) is 0 Å². The molecular formula is C11H18N4S. The second kappa shape index (κ2) is 5.94. The lowest BCUT2D eigenvalue weighted by Crippen LogP contribution is -2.33. The molecule has 1 aromatic heterocycles. The summed E-state index contributed by atoms with van der Waals surface area (Å²) >= 11 is 2.01. The molecule has 0 aromatic carbocycles. The molecular weight excluding hydrogens is 220 g/mol. The number of anilines is 2. The van der Waals surface area contributed by atoms with Crippen molar-refractivity contribution in [3.63, 3.8) is 0 Å². The van der Waals surface area contributed by atoms with E-state index in [4.69, 9.17) is 0 Å². The summed E-state index contributed by atoms with van der Waals surface area (Å²) in [4.78, 5) is 11.1. The molecule has 4 nitrogen and oxygen atoms in total. The van der Waals surface area contributed by atoms with Gasteiger partial charge in [0.05, 0.1) is 0 Å². The van der Waals surface area contributed by atoms with Gasteiger partial charge in [-0.2, -0.15) is 16.7 Å². The standard InChI is InChI=1S/C11H18N4S/c1-2-4-12-11-13-5-3-10(14-11)15-6-8-16-9-7-15/h3,5H,2,4,6-9H2,1H3,(H,12,13,14). The molecule has 1 saturated heterocycles. The zero-order valence-electron chi connectivity index (χ0n) is 9.65. The maximum Gasteiger partial charge on any atom is 0.224 e. The van der Waals surface area contributed by atoms with Crippen molar-refractivity contribution in [2.24, 2.45) is 0 Å². The average molecular weight is 238 g/mol. The van der Waals surface area contributed by atoms with Crippen LogP contribution in [0.2, 0.25) is 0 Å². The van der Waals surface area contributed by atoms with Gasteiger partial charge in [-0.25, -0.2) is 4.98 Å². The first-order chi connectivity index (χ1) is 7.90. The fourth-order valence-corrected chi connectivity index (χ4v) is 2.54. The fourth-order valence-electron chi connectivity index (χ4n) is 1.64. The Hall–Kier alpha value is -0.970. The van der Waals surface area contributed by atoms with Crippen molar-refractivity contribution >= 4 is 23.5 Å². The fraction of sp³-hybridized carbons (Fsp3) is 0.636. The van der Waals surface area contributed by atoms with Crippen LogP contribution in [0.15, 0.2) is 12.3 Å². The number of rotatable bonds is 4. The Kier molecular flexibility index (Phi) is 4.27. The van der Waals surface area contributed by atoms with Gasteiger partial charge < -0.3 is 10.2 Å². The van der Waals surface area contributed by atoms with Gasteiger partial charge in [-0.1, -0.05) is 6.92 Å². The first-order valence-corrected chi connectivity index (χ1v) is 6.95. The molecule has 1 fully saturated rings. The molecule has 0 amide bonds. The van der Waals surface area contributed by atoms with Crippen molar-refractivity contribution in [3.8, 4) is 0 Å². The van der Waals surface area contributed by atoms with Gasteiger partial charge in [-0.3, -0.25) is 0 Å². The van der Waals surface area contributed by atoms with Crippen molar-refractivity contribution in [1.29, 1.82) is 0 Å². The van der Waals surface area contributed by atoms with E-state index in [1.807, 2.05) is 24.0 Å². The van der Waals surface area contributed by atoms with Crippen molar-refractivity contribution in [2.75, 3.05) is 41.4 Å². The molecule has 88 valence electrons. The van der Waals surface area contributed by atoms with Crippen LogP contribution in [-0.4, -0.2) is 41.1 Å². The van der Waals surface area contributed by atoms with E-state index >= 15 is 0 Å². The van der Waals surface area contributed by atoms with Gasteiger partial charge in [-0.05, 0) is 12.5 Å². The van der Waals surface area contributed by atoms with Crippen LogP contribution in [0.4, 0.5) is 11.8 Å². The van der Waals surface area contributed by atoms with Crippen molar-refractivity contribution in [3.05, 3.63) is 12.3 Å². The molecule has 0 aliphatic carbocycles. The summed E-state index contributed by atoms with van der Waals surface area (Å²) in [6.07, 6.45) is 2.93. The molecule has 0 unspecified atom stereocenters. The molecule has 16 heavy (non-hydrogen) atoms. The Morgan fingerprint density at radius 1 is 1.44 bits per heavy atom. The largest absolute Gasteiger partial charge is 0.355 e. The lowest BCUT2D eigenvalue weighted by Gasteiger charge is -2.27. The topological polar surface area (TPSA) is 41.1 Å². The third-order valence-corrected chi connectivity index (χ3v) is 3.45. The highest BCUT2D eigenvalue weighted by atomic mass is 32.2. The Bertz CT molecular complexity index is 326. The molecule has 5 heteroatoms. The predicted octanol–water partition coefficient (Wildman–Crippen LogP) is 1.85. The van der Waals surface area contributed by atoms with Crippen LogP contribution in [0.5, 0.6) is 0 Å². The Balaban J connectivity index is 2.02. The summed E-state index contributed by atoms with van der Waals surface area (Å²) in [5.74, 6) is 4.19. The van der Waals surface area contributed by atoms with E-state index in [1.165, 1.54) is 11.5 Å². The number of nitrogens with zero attached hydrogens (tertiary/aromatic N) is 3. The van der Waals surface area contributed by atoms with Crippen LogP contribution in [0, 0.1) is 0 Å². The SMILES string of the molecule is CCCNc1nccc(N2CCSCC2)n1. The molecule has 0 atom stereocenters. The first kappa shape index (κ1) is 11.5. The van der Waals surface area contributed by atoms with Gasteiger partial charge in [0.25, 0.3) is 0 Å². The van der Waals surface area contributed by atoms with E-state index < -0.39 is 0 Å². The molecule has 1 aromatic rings.